The number of halogens is 2. The highest BCUT2D eigenvalue weighted by Gasteiger charge is 2.11. The summed E-state index contributed by atoms with van der Waals surface area (Å²) in [5, 5.41) is 10.3. The van der Waals surface area contributed by atoms with Crippen LogP contribution in [0.2, 0.25) is 0 Å². The van der Waals surface area contributed by atoms with E-state index in [1.54, 1.807) is 23.9 Å². The molecule has 1 aromatic heterocycles. The van der Waals surface area contributed by atoms with Crippen molar-refractivity contribution >= 4 is 5.96 Å². The molecule has 0 radical (unpaired) electrons. The first-order chi connectivity index (χ1) is 12.5. The molecule has 0 saturated heterocycles. The van der Waals surface area contributed by atoms with Crippen LogP contribution in [0, 0.1) is 0 Å². The average molecular weight is 368 g/mol. The molecule has 1 heterocycles. The number of ether oxygens (including phenoxy) is 2. The third-order valence-electron chi connectivity index (χ3n) is 3.43. The Balaban J connectivity index is 2.06. The first-order valence-electron chi connectivity index (χ1n) is 8.00. The van der Waals surface area contributed by atoms with E-state index in [0.717, 1.165) is 5.82 Å². The summed E-state index contributed by atoms with van der Waals surface area (Å²) in [6.07, 6.45) is 1.48. The van der Waals surface area contributed by atoms with E-state index in [-0.39, 0.29) is 18.0 Å². The van der Waals surface area contributed by atoms with E-state index in [0.29, 0.717) is 24.6 Å². The van der Waals surface area contributed by atoms with Gasteiger partial charge in [0.15, 0.2) is 17.5 Å². The molecule has 26 heavy (non-hydrogen) atoms. The van der Waals surface area contributed by atoms with Crippen molar-refractivity contribution in [1.82, 2.24) is 25.4 Å². The van der Waals surface area contributed by atoms with Gasteiger partial charge < -0.3 is 20.1 Å². The number of nitrogens with zero attached hydrogens (tertiary/aromatic N) is 4. The minimum atomic E-state index is -2.92. The monoisotopic (exact) mass is 368 g/mol. The van der Waals surface area contributed by atoms with Gasteiger partial charge in [0.2, 0.25) is 0 Å². The number of aromatic nitrogens is 3. The summed E-state index contributed by atoms with van der Waals surface area (Å²) < 4.78 is 36.2. The van der Waals surface area contributed by atoms with E-state index in [2.05, 4.69) is 30.4 Å². The number of nitrogens with one attached hydrogen (secondary N) is 2. The lowest BCUT2D eigenvalue weighted by molar-refractivity contribution is -0.0512. The fourth-order valence-electron chi connectivity index (χ4n) is 2.16. The molecule has 0 saturated carbocycles. The number of alkyl halides is 2. The first-order valence-corrected chi connectivity index (χ1v) is 8.00. The zero-order valence-electron chi connectivity index (χ0n) is 14.9. The first kappa shape index (κ1) is 19.4. The fourth-order valence-corrected chi connectivity index (χ4v) is 2.16. The zero-order valence-corrected chi connectivity index (χ0v) is 14.9. The lowest BCUT2D eigenvalue weighted by atomic mass is 10.2. The topological polar surface area (TPSA) is 85.6 Å². The van der Waals surface area contributed by atoms with Gasteiger partial charge in [-0.05, 0) is 24.6 Å². The number of guanidine groups is 1. The Labute approximate surface area is 150 Å². The molecular weight excluding hydrogens is 346 g/mol. The summed E-state index contributed by atoms with van der Waals surface area (Å²) in [6.45, 7) is 0.421. The predicted molar refractivity (Wildman–Crippen MR) is 92.3 cm³/mol. The van der Waals surface area contributed by atoms with Crippen molar-refractivity contribution in [3.05, 3.63) is 35.9 Å². The average Bonchev–Trinajstić information content (AvgIpc) is 3.02. The maximum atomic E-state index is 12.5. The molecule has 2 rings (SSSR count). The largest absolute Gasteiger partial charge is 0.493 e. The Bertz CT molecular complexity index is 735. The van der Waals surface area contributed by atoms with Crippen molar-refractivity contribution in [2.45, 2.75) is 26.6 Å². The van der Waals surface area contributed by atoms with Crippen molar-refractivity contribution in [2.75, 3.05) is 13.7 Å². The van der Waals surface area contributed by atoms with Crippen LogP contribution in [-0.2, 0) is 20.1 Å². The summed E-state index contributed by atoms with van der Waals surface area (Å²) in [5.41, 5.74) is 0.706. The minimum absolute atomic E-state index is 0.0211. The summed E-state index contributed by atoms with van der Waals surface area (Å²) in [6, 6.07) is 4.80. The molecule has 0 aliphatic heterocycles. The van der Waals surface area contributed by atoms with Crippen LogP contribution < -0.4 is 20.1 Å². The van der Waals surface area contributed by atoms with E-state index < -0.39 is 6.61 Å². The lowest BCUT2D eigenvalue weighted by Gasteiger charge is -2.12. The van der Waals surface area contributed by atoms with Gasteiger partial charge in [0, 0.05) is 13.6 Å². The normalized spacial score (nSPS) is 11.5. The molecule has 10 heteroatoms. The molecule has 0 aliphatic rings. The van der Waals surface area contributed by atoms with Gasteiger partial charge >= 0.3 is 6.61 Å². The molecule has 0 aliphatic carbocycles. The second kappa shape index (κ2) is 9.54. The van der Waals surface area contributed by atoms with Crippen LogP contribution in [0.5, 0.6) is 11.5 Å². The smallest absolute Gasteiger partial charge is 0.387 e. The van der Waals surface area contributed by atoms with E-state index in [1.165, 1.54) is 19.5 Å². The number of hydrogen-bond donors (Lipinski definition) is 2. The number of aryl methyl sites for hydroxylation is 1. The van der Waals surface area contributed by atoms with Gasteiger partial charge in [-0.15, -0.1) is 0 Å². The molecule has 0 atom stereocenters. The van der Waals surface area contributed by atoms with Crippen LogP contribution in [0.15, 0.2) is 29.5 Å². The maximum absolute atomic E-state index is 12.5. The van der Waals surface area contributed by atoms with Gasteiger partial charge in [-0.25, -0.2) is 9.98 Å². The Morgan fingerprint density at radius 2 is 2.12 bits per heavy atom. The van der Waals surface area contributed by atoms with E-state index in [9.17, 15) is 8.78 Å². The van der Waals surface area contributed by atoms with E-state index >= 15 is 0 Å². The third kappa shape index (κ3) is 5.57. The van der Waals surface area contributed by atoms with E-state index in [1.807, 2.05) is 6.92 Å². The Morgan fingerprint density at radius 1 is 1.31 bits per heavy atom. The quantitative estimate of drug-likeness (QED) is 0.545. The molecule has 2 aromatic rings. The van der Waals surface area contributed by atoms with Gasteiger partial charge in [-0.2, -0.15) is 13.9 Å². The number of hydrogen-bond acceptors (Lipinski definition) is 5. The molecule has 0 amide bonds. The lowest BCUT2D eigenvalue weighted by Crippen LogP contribution is -2.37. The van der Waals surface area contributed by atoms with Gasteiger partial charge in [-0.3, -0.25) is 4.68 Å². The van der Waals surface area contributed by atoms with Crippen LogP contribution >= 0.6 is 0 Å². The zero-order chi connectivity index (χ0) is 18.9. The molecule has 0 fully saturated rings. The van der Waals surface area contributed by atoms with Crippen molar-refractivity contribution < 1.29 is 18.3 Å². The van der Waals surface area contributed by atoms with Crippen molar-refractivity contribution in [3.63, 3.8) is 0 Å². The van der Waals surface area contributed by atoms with Gasteiger partial charge in [-0.1, -0.05) is 6.07 Å². The maximum Gasteiger partial charge on any atom is 0.387 e. The highest BCUT2D eigenvalue weighted by atomic mass is 19.3. The van der Waals surface area contributed by atoms with Gasteiger partial charge in [0.05, 0.1) is 20.2 Å². The Kier molecular flexibility index (Phi) is 7.12. The second-order valence-corrected chi connectivity index (χ2v) is 5.21. The van der Waals surface area contributed by atoms with Gasteiger partial charge in [0.1, 0.15) is 12.2 Å². The second-order valence-electron chi connectivity index (χ2n) is 5.21. The molecule has 2 N–H and O–H groups in total. The summed E-state index contributed by atoms with van der Waals surface area (Å²) in [5.74, 6) is 1.55. The molecule has 0 spiro atoms. The molecule has 8 nitrogen and oxygen atoms in total. The van der Waals surface area contributed by atoms with Crippen LogP contribution in [0.4, 0.5) is 8.78 Å². The SMILES string of the molecule is CCNC(=NCc1ccc(OC)c(OC(F)F)c1)NCc1ncnn1C. The highest BCUT2D eigenvalue weighted by molar-refractivity contribution is 5.79. The summed E-state index contributed by atoms with van der Waals surface area (Å²) >= 11 is 0. The molecule has 142 valence electrons. The molecule has 0 bridgehead atoms. The van der Waals surface area contributed by atoms with Crippen molar-refractivity contribution in [3.8, 4) is 11.5 Å². The van der Waals surface area contributed by atoms with Crippen molar-refractivity contribution in [2.24, 2.45) is 12.0 Å². The number of methoxy groups -OCH3 is 1. The Hall–Kier alpha value is -2.91. The molecular formula is C16H22F2N6O2. The summed E-state index contributed by atoms with van der Waals surface area (Å²) in [7, 11) is 3.20. The standard InChI is InChI=1S/C16H22F2N6O2/c1-4-19-16(21-9-14-22-10-23-24(14)2)20-8-11-5-6-12(25-3)13(7-11)26-15(17)18/h5-7,10,15H,4,8-9H2,1-3H3,(H2,19,20,21). The third-order valence-corrected chi connectivity index (χ3v) is 3.43. The fraction of sp³-hybridized carbons (Fsp3) is 0.438. The molecule has 1 aromatic carbocycles. The van der Waals surface area contributed by atoms with Gasteiger partial charge in [0.25, 0.3) is 0 Å². The van der Waals surface area contributed by atoms with Crippen LogP contribution in [-0.4, -0.2) is 41.0 Å². The number of aliphatic imine (C=N–C) groups is 1. The highest BCUT2D eigenvalue weighted by Crippen LogP contribution is 2.29. The van der Waals surface area contributed by atoms with Crippen LogP contribution in [0.3, 0.4) is 0 Å². The summed E-state index contributed by atoms with van der Waals surface area (Å²) in [4.78, 5) is 8.57. The predicted octanol–water partition coefficient (Wildman–Crippen LogP) is 1.68. The van der Waals surface area contributed by atoms with Crippen LogP contribution in [0.25, 0.3) is 0 Å². The Morgan fingerprint density at radius 3 is 2.73 bits per heavy atom. The van der Waals surface area contributed by atoms with Crippen LogP contribution in [0.1, 0.15) is 18.3 Å². The number of benzene rings is 1. The number of rotatable bonds is 8. The molecule has 0 unspecified atom stereocenters. The van der Waals surface area contributed by atoms with E-state index in [4.69, 9.17) is 4.74 Å². The minimum Gasteiger partial charge on any atom is -0.493 e. The van der Waals surface area contributed by atoms with Crippen molar-refractivity contribution in [1.29, 1.82) is 0 Å².